The summed E-state index contributed by atoms with van der Waals surface area (Å²) in [5.74, 6) is 0. The van der Waals surface area contributed by atoms with Gasteiger partial charge < -0.3 is 15.5 Å². The van der Waals surface area contributed by atoms with Crippen molar-refractivity contribution in [1.82, 2.24) is 5.32 Å². The zero-order chi connectivity index (χ0) is 8.55. The second-order valence-corrected chi connectivity index (χ2v) is 4.10. The molecule has 2 aliphatic heterocycles. The number of aliphatic hydroxyl groups is 2. The molecule has 4 atom stereocenters. The molecular weight excluding hydrogens is 154 g/mol. The van der Waals surface area contributed by atoms with Crippen LogP contribution in [-0.4, -0.2) is 34.5 Å². The molecule has 70 valence electrons. The van der Waals surface area contributed by atoms with Crippen molar-refractivity contribution >= 4 is 0 Å². The lowest BCUT2D eigenvalue weighted by molar-refractivity contribution is 0.0132. The van der Waals surface area contributed by atoms with Crippen LogP contribution in [0.4, 0.5) is 0 Å². The van der Waals surface area contributed by atoms with E-state index in [1.54, 1.807) is 0 Å². The minimum absolute atomic E-state index is 0.441. The monoisotopic (exact) mass is 171 g/mol. The number of aliphatic hydroxyl groups excluding tert-OH is 2. The van der Waals surface area contributed by atoms with E-state index in [1.807, 2.05) is 0 Å². The third-order valence-electron chi connectivity index (χ3n) is 3.07. The molecule has 0 aromatic rings. The van der Waals surface area contributed by atoms with Crippen molar-refractivity contribution in [3.8, 4) is 0 Å². The fourth-order valence-corrected chi connectivity index (χ4v) is 2.38. The highest BCUT2D eigenvalue weighted by Crippen LogP contribution is 2.24. The standard InChI is InChI=1S/C9H17NO2/c11-8-4-6-2-1-3-7(10-6)5-9(8)12/h6-12H,1-5H2/t6-,7+,8-,9+. The van der Waals surface area contributed by atoms with Crippen LogP contribution in [-0.2, 0) is 0 Å². The minimum atomic E-state index is -0.509. The van der Waals surface area contributed by atoms with Crippen molar-refractivity contribution in [2.75, 3.05) is 0 Å². The van der Waals surface area contributed by atoms with Crippen LogP contribution in [0, 0.1) is 0 Å². The van der Waals surface area contributed by atoms with Gasteiger partial charge in [-0.25, -0.2) is 0 Å². The van der Waals surface area contributed by atoms with Crippen molar-refractivity contribution in [1.29, 1.82) is 0 Å². The molecule has 0 amide bonds. The van der Waals surface area contributed by atoms with E-state index >= 15 is 0 Å². The van der Waals surface area contributed by atoms with Gasteiger partial charge in [-0.1, -0.05) is 6.42 Å². The molecule has 3 heteroatoms. The Bertz CT molecular complexity index is 147. The summed E-state index contributed by atoms with van der Waals surface area (Å²) in [4.78, 5) is 0. The summed E-state index contributed by atoms with van der Waals surface area (Å²) in [5, 5.41) is 22.5. The molecule has 3 nitrogen and oxygen atoms in total. The fraction of sp³-hybridized carbons (Fsp3) is 1.00. The predicted molar refractivity (Wildman–Crippen MR) is 45.8 cm³/mol. The van der Waals surface area contributed by atoms with Crippen molar-refractivity contribution in [2.24, 2.45) is 0 Å². The van der Waals surface area contributed by atoms with Gasteiger partial charge in [-0.3, -0.25) is 0 Å². The van der Waals surface area contributed by atoms with Gasteiger partial charge in [0, 0.05) is 12.1 Å². The quantitative estimate of drug-likeness (QED) is 0.481. The van der Waals surface area contributed by atoms with Crippen LogP contribution in [0.2, 0.25) is 0 Å². The first-order valence-electron chi connectivity index (χ1n) is 4.88. The first-order valence-corrected chi connectivity index (χ1v) is 4.88. The molecule has 0 unspecified atom stereocenters. The summed E-state index contributed by atoms with van der Waals surface area (Å²) in [6.45, 7) is 0. The second kappa shape index (κ2) is 3.32. The third kappa shape index (κ3) is 1.63. The third-order valence-corrected chi connectivity index (χ3v) is 3.07. The van der Waals surface area contributed by atoms with E-state index < -0.39 is 12.2 Å². The van der Waals surface area contributed by atoms with Gasteiger partial charge in [0.05, 0.1) is 12.2 Å². The lowest BCUT2D eigenvalue weighted by Crippen LogP contribution is -2.41. The maximum absolute atomic E-state index is 9.51. The molecule has 2 bridgehead atoms. The van der Waals surface area contributed by atoms with Crippen LogP contribution in [0.25, 0.3) is 0 Å². The van der Waals surface area contributed by atoms with Crippen LogP contribution in [0.5, 0.6) is 0 Å². The lowest BCUT2D eigenvalue weighted by atomic mass is 9.98. The number of nitrogens with one attached hydrogen (secondary N) is 1. The van der Waals surface area contributed by atoms with Gasteiger partial charge in [0.1, 0.15) is 0 Å². The summed E-state index contributed by atoms with van der Waals surface area (Å²) in [6.07, 6.45) is 3.97. The highest BCUT2D eigenvalue weighted by atomic mass is 16.3. The molecule has 0 saturated carbocycles. The molecule has 2 aliphatic rings. The Hall–Kier alpha value is -0.120. The average Bonchev–Trinajstić information content (AvgIpc) is 2.11. The average molecular weight is 171 g/mol. The summed E-state index contributed by atoms with van der Waals surface area (Å²) < 4.78 is 0. The molecule has 3 N–H and O–H groups in total. The van der Waals surface area contributed by atoms with Crippen LogP contribution in [0.15, 0.2) is 0 Å². The zero-order valence-electron chi connectivity index (χ0n) is 7.24. The van der Waals surface area contributed by atoms with Crippen LogP contribution in [0.3, 0.4) is 0 Å². The zero-order valence-corrected chi connectivity index (χ0v) is 7.24. The van der Waals surface area contributed by atoms with Gasteiger partial charge in [0.2, 0.25) is 0 Å². The first-order chi connectivity index (χ1) is 5.75. The molecule has 12 heavy (non-hydrogen) atoms. The van der Waals surface area contributed by atoms with Crippen LogP contribution >= 0.6 is 0 Å². The number of hydrogen-bond donors (Lipinski definition) is 3. The number of rotatable bonds is 0. The maximum atomic E-state index is 9.51. The van der Waals surface area contributed by atoms with E-state index in [1.165, 1.54) is 6.42 Å². The molecule has 0 aromatic carbocycles. The van der Waals surface area contributed by atoms with Gasteiger partial charge in [-0.05, 0) is 25.7 Å². The SMILES string of the molecule is O[C@@H]1C[C@H]2CCC[C@@H](C[C@@H]1O)N2. The highest BCUT2D eigenvalue weighted by molar-refractivity contribution is 4.90. The smallest absolute Gasteiger partial charge is 0.0814 e. The van der Waals surface area contributed by atoms with Crippen molar-refractivity contribution in [3.05, 3.63) is 0 Å². The Morgan fingerprint density at radius 3 is 1.92 bits per heavy atom. The first kappa shape index (κ1) is 8.48. The Morgan fingerprint density at radius 1 is 0.917 bits per heavy atom. The molecule has 0 aromatic heterocycles. The van der Waals surface area contributed by atoms with E-state index in [4.69, 9.17) is 0 Å². The Morgan fingerprint density at radius 2 is 1.42 bits per heavy atom. The maximum Gasteiger partial charge on any atom is 0.0814 e. The summed E-state index contributed by atoms with van der Waals surface area (Å²) >= 11 is 0. The van der Waals surface area contributed by atoms with E-state index in [-0.39, 0.29) is 0 Å². The largest absolute Gasteiger partial charge is 0.390 e. The Kier molecular flexibility index (Phi) is 2.35. The Balaban J connectivity index is 2.04. The van der Waals surface area contributed by atoms with Gasteiger partial charge in [-0.2, -0.15) is 0 Å². The number of piperidine rings is 1. The summed E-state index contributed by atoms with van der Waals surface area (Å²) in [6, 6.07) is 0.881. The molecule has 2 heterocycles. The molecule has 2 fully saturated rings. The van der Waals surface area contributed by atoms with E-state index in [0.29, 0.717) is 12.1 Å². The normalized spacial score (nSPS) is 48.5. The van der Waals surface area contributed by atoms with Crippen molar-refractivity contribution in [3.63, 3.8) is 0 Å². The molecule has 0 aliphatic carbocycles. The van der Waals surface area contributed by atoms with Gasteiger partial charge >= 0.3 is 0 Å². The van der Waals surface area contributed by atoms with E-state index in [9.17, 15) is 10.2 Å². The summed E-state index contributed by atoms with van der Waals surface area (Å²) in [7, 11) is 0. The molecule has 0 spiro atoms. The Labute approximate surface area is 72.8 Å². The minimum Gasteiger partial charge on any atom is -0.390 e. The van der Waals surface area contributed by atoms with Crippen molar-refractivity contribution < 1.29 is 10.2 Å². The fourth-order valence-electron chi connectivity index (χ4n) is 2.38. The van der Waals surface area contributed by atoms with Gasteiger partial charge in [0.15, 0.2) is 0 Å². The molecule has 2 saturated heterocycles. The molecule has 0 radical (unpaired) electrons. The predicted octanol–water partition coefficient (Wildman–Crippen LogP) is 0.0127. The highest BCUT2D eigenvalue weighted by Gasteiger charge is 2.32. The number of hydrogen-bond acceptors (Lipinski definition) is 3. The van der Waals surface area contributed by atoms with Gasteiger partial charge in [0.25, 0.3) is 0 Å². The van der Waals surface area contributed by atoms with Gasteiger partial charge in [-0.15, -0.1) is 0 Å². The van der Waals surface area contributed by atoms with E-state index in [0.717, 1.165) is 25.7 Å². The summed E-state index contributed by atoms with van der Waals surface area (Å²) in [5.41, 5.74) is 0. The topological polar surface area (TPSA) is 52.5 Å². The lowest BCUT2D eigenvalue weighted by Gasteiger charge is -2.28. The van der Waals surface area contributed by atoms with E-state index in [2.05, 4.69) is 5.32 Å². The molecule has 2 rings (SSSR count). The molecular formula is C9H17NO2. The second-order valence-electron chi connectivity index (χ2n) is 4.10. The van der Waals surface area contributed by atoms with Crippen LogP contribution < -0.4 is 5.32 Å². The number of fused-ring (bicyclic) bond motifs is 2. The van der Waals surface area contributed by atoms with Crippen LogP contribution in [0.1, 0.15) is 32.1 Å². The van der Waals surface area contributed by atoms with Crippen molar-refractivity contribution in [2.45, 2.75) is 56.4 Å².